The smallest absolute Gasteiger partial charge is 0.423 e. The number of halogens is 3. The van der Waals surface area contributed by atoms with Crippen LogP contribution >= 0.6 is 0 Å². The molecule has 0 aliphatic carbocycles. The van der Waals surface area contributed by atoms with E-state index in [9.17, 15) is 38.4 Å². The number of nitro benzene ring substituents is 1. The van der Waals surface area contributed by atoms with Crippen LogP contribution in [0.1, 0.15) is 42.9 Å². The summed E-state index contributed by atoms with van der Waals surface area (Å²) in [5.41, 5.74) is -4.29. The summed E-state index contributed by atoms with van der Waals surface area (Å²) in [6.45, 7) is 3.41. The van der Waals surface area contributed by atoms with Gasteiger partial charge in [-0.05, 0) is 25.5 Å². The highest BCUT2D eigenvalue weighted by Gasteiger charge is 2.38. The van der Waals surface area contributed by atoms with Crippen molar-refractivity contribution >= 4 is 17.1 Å². The zero-order valence-electron chi connectivity index (χ0n) is 16.6. The van der Waals surface area contributed by atoms with Crippen molar-refractivity contribution in [1.29, 1.82) is 5.26 Å². The average Bonchev–Trinajstić information content (AvgIpc) is 2.70. The number of aromatic nitrogens is 1. The van der Waals surface area contributed by atoms with Crippen LogP contribution in [0.3, 0.4) is 0 Å². The number of pyridine rings is 1. The van der Waals surface area contributed by atoms with E-state index in [0.29, 0.717) is 18.6 Å². The molecule has 0 atom stereocenters. The number of nitrogens with zero attached hydrogens (tertiary/aromatic N) is 5. The molecule has 2 rings (SSSR count). The molecule has 2 aromatic rings. The highest BCUT2D eigenvalue weighted by Crippen LogP contribution is 2.38. The molecule has 0 spiro atoms. The van der Waals surface area contributed by atoms with Crippen molar-refractivity contribution in [3.8, 4) is 11.9 Å². The minimum atomic E-state index is -5.00. The molecule has 0 unspecified atom stereocenters. The van der Waals surface area contributed by atoms with Gasteiger partial charge >= 0.3 is 6.18 Å². The Morgan fingerprint density at radius 2 is 1.97 bits per heavy atom. The number of azo groups is 1. The van der Waals surface area contributed by atoms with Gasteiger partial charge in [0.05, 0.1) is 10.6 Å². The molecule has 12 heteroatoms. The Morgan fingerprint density at radius 1 is 1.29 bits per heavy atom. The van der Waals surface area contributed by atoms with Crippen LogP contribution < -0.4 is 5.56 Å². The largest absolute Gasteiger partial charge is 0.493 e. The van der Waals surface area contributed by atoms with Gasteiger partial charge in [-0.3, -0.25) is 19.5 Å². The molecule has 0 aliphatic heterocycles. The summed E-state index contributed by atoms with van der Waals surface area (Å²) in [4.78, 5) is 22.4. The van der Waals surface area contributed by atoms with Crippen molar-refractivity contribution in [3.63, 3.8) is 0 Å². The fourth-order valence-corrected chi connectivity index (χ4v) is 2.86. The van der Waals surface area contributed by atoms with E-state index in [1.165, 1.54) is 6.92 Å². The average molecular weight is 437 g/mol. The summed E-state index contributed by atoms with van der Waals surface area (Å²) < 4.78 is 40.4. The van der Waals surface area contributed by atoms with Crippen LogP contribution in [-0.4, -0.2) is 14.6 Å². The Labute approximate surface area is 174 Å². The molecule has 1 aromatic carbocycles. The van der Waals surface area contributed by atoms with E-state index in [2.05, 4.69) is 10.2 Å². The van der Waals surface area contributed by atoms with Crippen molar-refractivity contribution in [2.24, 2.45) is 10.2 Å². The number of rotatable bonds is 7. The summed E-state index contributed by atoms with van der Waals surface area (Å²) in [5, 5.41) is 37.7. The summed E-state index contributed by atoms with van der Waals surface area (Å²) in [5.74, 6) is -0.519. The van der Waals surface area contributed by atoms with Gasteiger partial charge in [0.2, 0.25) is 5.88 Å². The quantitative estimate of drug-likeness (QED) is 0.273. The molecule has 0 aliphatic rings. The molecule has 1 N–H and O–H groups in total. The Balaban J connectivity index is 2.58. The first-order valence-corrected chi connectivity index (χ1v) is 9.16. The Morgan fingerprint density at radius 3 is 2.52 bits per heavy atom. The Hall–Kier alpha value is -3.75. The van der Waals surface area contributed by atoms with Gasteiger partial charge in [-0.25, -0.2) is 0 Å². The number of hydrogen-bond donors (Lipinski definition) is 1. The minimum Gasteiger partial charge on any atom is -0.493 e. The van der Waals surface area contributed by atoms with Crippen LogP contribution in [0.15, 0.2) is 33.2 Å². The Bertz CT molecular complexity index is 1130. The zero-order valence-corrected chi connectivity index (χ0v) is 16.6. The molecule has 1 heterocycles. The van der Waals surface area contributed by atoms with Crippen molar-refractivity contribution in [3.05, 3.63) is 55.4 Å². The molecule has 164 valence electrons. The monoisotopic (exact) mass is 437 g/mol. The minimum absolute atomic E-state index is 0.0125. The zero-order chi connectivity index (χ0) is 23.3. The normalized spacial score (nSPS) is 11.6. The van der Waals surface area contributed by atoms with E-state index in [1.54, 1.807) is 6.07 Å². The van der Waals surface area contributed by atoms with Gasteiger partial charge < -0.3 is 5.11 Å². The second-order valence-corrected chi connectivity index (χ2v) is 6.60. The summed E-state index contributed by atoms with van der Waals surface area (Å²) in [7, 11) is 0. The SMILES string of the molecule is CCCCCn1c(O)c(C#N)c(C)c(N=Nc2ccc([N+](=O)[O-])c(C(F)(F)F)c2)c1=O. The maximum atomic E-state index is 13.1. The number of aromatic hydroxyl groups is 1. The lowest BCUT2D eigenvalue weighted by atomic mass is 10.1. The van der Waals surface area contributed by atoms with E-state index in [0.717, 1.165) is 23.5 Å². The van der Waals surface area contributed by atoms with E-state index < -0.39 is 33.8 Å². The van der Waals surface area contributed by atoms with Gasteiger partial charge in [0.15, 0.2) is 5.69 Å². The van der Waals surface area contributed by atoms with Crippen LogP contribution in [0.25, 0.3) is 0 Å². The number of nitro groups is 1. The van der Waals surface area contributed by atoms with Crippen molar-refractivity contribution < 1.29 is 23.2 Å². The van der Waals surface area contributed by atoms with Crippen LogP contribution in [0, 0.1) is 28.4 Å². The highest BCUT2D eigenvalue weighted by atomic mass is 19.4. The Kier molecular flexibility index (Phi) is 7.12. The number of benzene rings is 1. The van der Waals surface area contributed by atoms with Crippen molar-refractivity contribution in [1.82, 2.24) is 4.57 Å². The predicted molar refractivity (Wildman–Crippen MR) is 104 cm³/mol. The number of alkyl halides is 3. The van der Waals surface area contributed by atoms with Gasteiger partial charge in [-0.2, -0.15) is 23.5 Å². The highest BCUT2D eigenvalue weighted by molar-refractivity contribution is 5.57. The molecule has 0 saturated heterocycles. The molecule has 0 saturated carbocycles. The standard InChI is InChI=1S/C19H18F3N5O4/c1-3-4-5-8-26-17(28)13(10-23)11(2)16(18(26)29)25-24-12-6-7-15(27(30)31)14(9-12)19(20,21)22/h6-7,9,28H,3-5,8H2,1-2H3. The molecule has 31 heavy (non-hydrogen) atoms. The van der Waals surface area contributed by atoms with Crippen LogP contribution in [0.4, 0.5) is 30.2 Å². The maximum Gasteiger partial charge on any atom is 0.423 e. The van der Waals surface area contributed by atoms with Crippen molar-refractivity contribution in [2.45, 2.75) is 45.8 Å². The molecule has 0 fully saturated rings. The number of hydrogen-bond acceptors (Lipinski definition) is 7. The first-order valence-electron chi connectivity index (χ1n) is 9.16. The van der Waals surface area contributed by atoms with E-state index in [1.807, 2.05) is 6.92 Å². The fraction of sp³-hybridized carbons (Fsp3) is 0.368. The van der Waals surface area contributed by atoms with Gasteiger partial charge in [-0.15, -0.1) is 5.11 Å². The third-order valence-electron chi connectivity index (χ3n) is 4.50. The summed E-state index contributed by atoms with van der Waals surface area (Å²) >= 11 is 0. The lowest BCUT2D eigenvalue weighted by Gasteiger charge is -2.12. The van der Waals surface area contributed by atoms with E-state index >= 15 is 0 Å². The van der Waals surface area contributed by atoms with Crippen LogP contribution in [0.2, 0.25) is 0 Å². The first kappa shape index (κ1) is 23.5. The van der Waals surface area contributed by atoms with Gasteiger partial charge in [-0.1, -0.05) is 19.8 Å². The molecule has 0 radical (unpaired) electrons. The molecule has 0 amide bonds. The second kappa shape index (κ2) is 9.38. The predicted octanol–water partition coefficient (Wildman–Crippen LogP) is 5.27. The van der Waals surface area contributed by atoms with Gasteiger partial charge in [0, 0.05) is 18.2 Å². The summed E-state index contributed by atoms with van der Waals surface area (Å²) in [6, 6.07) is 3.82. The van der Waals surface area contributed by atoms with Crippen LogP contribution in [0.5, 0.6) is 5.88 Å². The van der Waals surface area contributed by atoms with E-state index in [-0.39, 0.29) is 29.0 Å². The van der Waals surface area contributed by atoms with Gasteiger partial charge in [0.25, 0.3) is 11.2 Å². The topological polar surface area (TPSA) is 134 Å². The molecular formula is C19H18F3N5O4. The molecule has 0 bridgehead atoms. The van der Waals surface area contributed by atoms with Gasteiger partial charge in [0.1, 0.15) is 17.2 Å². The molecule has 9 nitrogen and oxygen atoms in total. The lowest BCUT2D eigenvalue weighted by Crippen LogP contribution is -2.22. The summed E-state index contributed by atoms with van der Waals surface area (Å²) in [6.07, 6.45) is -2.84. The number of unbranched alkanes of at least 4 members (excludes halogenated alkanes) is 2. The van der Waals surface area contributed by atoms with Crippen LogP contribution in [-0.2, 0) is 12.7 Å². The third kappa shape index (κ3) is 5.06. The number of nitriles is 1. The maximum absolute atomic E-state index is 13.1. The van der Waals surface area contributed by atoms with E-state index in [4.69, 9.17) is 0 Å². The lowest BCUT2D eigenvalue weighted by molar-refractivity contribution is -0.388. The second-order valence-electron chi connectivity index (χ2n) is 6.60. The third-order valence-corrected chi connectivity index (χ3v) is 4.50. The first-order chi connectivity index (χ1) is 14.5. The fourth-order valence-electron chi connectivity index (χ4n) is 2.86. The molecular weight excluding hydrogens is 419 g/mol. The molecule has 1 aromatic heterocycles. The van der Waals surface area contributed by atoms with Crippen molar-refractivity contribution in [2.75, 3.05) is 0 Å².